The predicted molar refractivity (Wildman–Crippen MR) is 84.7 cm³/mol. The lowest BCUT2D eigenvalue weighted by Gasteiger charge is -2.04. The summed E-state index contributed by atoms with van der Waals surface area (Å²) >= 11 is 0. The largest absolute Gasteiger partial charge is 0.383 e. The summed E-state index contributed by atoms with van der Waals surface area (Å²) in [5.41, 5.74) is 12.3. The molecule has 2 aromatic heterocycles. The Morgan fingerprint density at radius 3 is 2.24 bits per heavy atom. The number of anilines is 1. The number of hydrogen-bond donors (Lipinski definition) is 1. The molecule has 0 bridgehead atoms. The maximum absolute atomic E-state index is 6.24. The molecule has 5 nitrogen and oxygen atoms in total. The van der Waals surface area contributed by atoms with Gasteiger partial charge in [0.25, 0.3) is 0 Å². The standard InChI is InChI=1S/C16H19N5/c1-10-5-7-12(8-6-10)14-15(19-21(4)16(14)17)13-9-20(3)18-11(13)2/h5-9H,17H2,1-4H3. The molecule has 5 heteroatoms. The smallest absolute Gasteiger partial charge is 0.129 e. The van der Waals surface area contributed by atoms with Crippen LogP contribution in [-0.2, 0) is 14.1 Å². The van der Waals surface area contributed by atoms with Crippen molar-refractivity contribution in [3.05, 3.63) is 41.7 Å². The summed E-state index contributed by atoms with van der Waals surface area (Å²) in [5, 5.41) is 8.99. The van der Waals surface area contributed by atoms with Crippen molar-refractivity contribution < 1.29 is 0 Å². The highest BCUT2D eigenvalue weighted by atomic mass is 15.3. The molecule has 0 fully saturated rings. The lowest BCUT2D eigenvalue weighted by Crippen LogP contribution is -1.97. The SMILES string of the molecule is Cc1ccc(-c2c(-c3cn(C)nc3C)nn(C)c2N)cc1. The third-order valence-corrected chi connectivity index (χ3v) is 3.70. The summed E-state index contributed by atoms with van der Waals surface area (Å²) < 4.78 is 3.52. The average molecular weight is 281 g/mol. The Labute approximate surface area is 124 Å². The minimum atomic E-state index is 0.664. The Bertz CT molecular complexity index is 793. The maximum Gasteiger partial charge on any atom is 0.129 e. The van der Waals surface area contributed by atoms with Gasteiger partial charge in [-0.25, -0.2) is 0 Å². The minimum Gasteiger partial charge on any atom is -0.383 e. The number of nitrogens with two attached hydrogens (primary N) is 1. The van der Waals surface area contributed by atoms with Gasteiger partial charge in [-0.2, -0.15) is 10.2 Å². The molecular weight excluding hydrogens is 262 g/mol. The van der Waals surface area contributed by atoms with E-state index >= 15 is 0 Å². The molecule has 0 aliphatic rings. The highest BCUT2D eigenvalue weighted by Gasteiger charge is 2.20. The van der Waals surface area contributed by atoms with Crippen molar-refractivity contribution in [3.63, 3.8) is 0 Å². The summed E-state index contributed by atoms with van der Waals surface area (Å²) in [6.07, 6.45) is 1.98. The Hall–Kier alpha value is -2.56. The molecule has 3 rings (SSSR count). The predicted octanol–water partition coefficient (Wildman–Crippen LogP) is 2.69. The second-order valence-electron chi connectivity index (χ2n) is 5.40. The monoisotopic (exact) mass is 281 g/mol. The van der Waals surface area contributed by atoms with Gasteiger partial charge in [-0.15, -0.1) is 0 Å². The topological polar surface area (TPSA) is 61.7 Å². The van der Waals surface area contributed by atoms with Crippen molar-refractivity contribution in [3.8, 4) is 22.4 Å². The van der Waals surface area contributed by atoms with Crippen LogP contribution in [-0.4, -0.2) is 19.6 Å². The molecule has 2 N–H and O–H groups in total. The maximum atomic E-state index is 6.24. The summed E-state index contributed by atoms with van der Waals surface area (Å²) in [6.45, 7) is 4.06. The summed E-state index contributed by atoms with van der Waals surface area (Å²) in [5.74, 6) is 0.664. The number of rotatable bonds is 2. The summed E-state index contributed by atoms with van der Waals surface area (Å²) in [4.78, 5) is 0. The first-order valence-electron chi connectivity index (χ1n) is 6.87. The van der Waals surface area contributed by atoms with E-state index in [4.69, 9.17) is 5.73 Å². The molecule has 108 valence electrons. The average Bonchev–Trinajstić information content (AvgIpc) is 2.92. The van der Waals surface area contributed by atoms with Crippen LogP contribution in [0.3, 0.4) is 0 Å². The van der Waals surface area contributed by atoms with Crippen molar-refractivity contribution >= 4 is 5.82 Å². The van der Waals surface area contributed by atoms with Crippen molar-refractivity contribution in [2.45, 2.75) is 13.8 Å². The van der Waals surface area contributed by atoms with E-state index in [1.165, 1.54) is 5.56 Å². The van der Waals surface area contributed by atoms with Crippen LogP contribution in [0.2, 0.25) is 0 Å². The fraction of sp³-hybridized carbons (Fsp3) is 0.250. The first-order valence-corrected chi connectivity index (χ1v) is 6.87. The molecule has 0 atom stereocenters. The van der Waals surface area contributed by atoms with E-state index < -0.39 is 0 Å². The normalized spacial score (nSPS) is 11.0. The zero-order chi connectivity index (χ0) is 15.1. The Morgan fingerprint density at radius 1 is 1.00 bits per heavy atom. The fourth-order valence-electron chi connectivity index (χ4n) is 2.56. The molecule has 0 spiro atoms. The number of nitrogen functional groups attached to an aromatic ring is 1. The van der Waals surface area contributed by atoms with E-state index in [2.05, 4.69) is 41.4 Å². The van der Waals surface area contributed by atoms with Crippen LogP contribution in [0, 0.1) is 13.8 Å². The lowest BCUT2D eigenvalue weighted by atomic mass is 10.0. The molecule has 0 radical (unpaired) electrons. The highest BCUT2D eigenvalue weighted by Crippen LogP contribution is 2.36. The zero-order valence-electron chi connectivity index (χ0n) is 12.8. The molecule has 0 aliphatic heterocycles. The van der Waals surface area contributed by atoms with Crippen LogP contribution in [0.4, 0.5) is 5.82 Å². The first-order chi connectivity index (χ1) is 9.97. The summed E-state index contributed by atoms with van der Waals surface area (Å²) in [7, 11) is 3.77. The van der Waals surface area contributed by atoms with Gasteiger partial charge in [-0.1, -0.05) is 29.8 Å². The fourth-order valence-corrected chi connectivity index (χ4v) is 2.56. The molecule has 3 aromatic rings. The van der Waals surface area contributed by atoms with Gasteiger partial charge in [0.2, 0.25) is 0 Å². The number of benzene rings is 1. The summed E-state index contributed by atoms with van der Waals surface area (Å²) in [6, 6.07) is 8.33. The molecule has 0 unspecified atom stereocenters. The Kier molecular flexibility index (Phi) is 3.05. The van der Waals surface area contributed by atoms with E-state index in [1.54, 1.807) is 9.36 Å². The molecule has 0 aliphatic carbocycles. The third-order valence-electron chi connectivity index (χ3n) is 3.70. The van der Waals surface area contributed by atoms with Crippen molar-refractivity contribution in [1.29, 1.82) is 0 Å². The van der Waals surface area contributed by atoms with E-state index in [9.17, 15) is 0 Å². The van der Waals surface area contributed by atoms with Crippen molar-refractivity contribution in [2.75, 3.05) is 5.73 Å². The van der Waals surface area contributed by atoms with Gasteiger partial charge in [-0.3, -0.25) is 9.36 Å². The number of aryl methyl sites for hydroxylation is 4. The third kappa shape index (κ3) is 2.20. The Balaban J connectivity index is 2.25. The molecule has 0 saturated carbocycles. The molecule has 0 amide bonds. The van der Waals surface area contributed by atoms with Crippen LogP contribution >= 0.6 is 0 Å². The second-order valence-corrected chi connectivity index (χ2v) is 5.40. The second kappa shape index (κ2) is 4.77. The zero-order valence-corrected chi connectivity index (χ0v) is 12.8. The number of aromatic nitrogens is 4. The lowest BCUT2D eigenvalue weighted by molar-refractivity contribution is 0.756. The van der Waals surface area contributed by atoms with E-state index in [0.717, 1.165) is 28.1 Å². The van der Waals surface area contributed by atoms with Gasteiger partial charge in [-0.05, 0) is 19.4 Å². The highest BCUT2D eigenvalue weighted by molar-refractivity contribution is 5.88. The molecular formula is C16H19N5. The van der Waals surface area contributed by atoms with Crippen LogP contribution in [0.1, 0.15) is 11.3 Å². The van der Waals surface area contributed by atoms with Crippen LogP contribution < -0.4 is 5.73 Å². The van der Waals surface area contributed by atoms with Gasteiger partial charge in [0.1, 0.15) is 11.5 Å². The van der Waals surface area contributed by atoms with E-state index in [-0.39, 0.29) is 0 Å². The van der Waals surface area contributed by atoms with Crippen molar-refractivity contribution in [1.82, 2.24) is 19.6 Å². The van der Waals surface area contributed by atoms with Gasteiger partial charge in [0.15, 0.2) is 0 Å². The molecule has 21 heavy (non-hydrogen) atoms. The van der Waals surface area contributed by atoms with Gasteiger partial charge in [0, 0.05) is 25.9 Å². The minimum absolute atomic E-state index is 0.664. The number of nitrogens with zero attached hydrogens (tertiary/aromatic N) is 4. The van der Waals surface area contributed by atoms with Gasteiger partial charge < -0.3 is 5.73 Å². The van der Waals surface area contributed by atoms with Crippen LogP contribution in [0.25, 0.3) is 22.4 Å². The van der Waals surface area contributed by atoms with Crippen LogP contribution in [0.5, 0.6) is 0 Å². The quantitative estimate of drug-likeness (QED) is 0.785. The van der Waals surface area contributed by atoms with Crippen LogP contribution in [0.15, 0.2) is 30.5 Å². The van der Waals surface area contributed by atoms with Gasteiger partial charge in [0.05, 0.1) is 11.3 Å². The number of hydrogen-bond acceptors (Lipinski definition) is 3. The first kappa shape index (κ1) is 13.4. The molecule has 0 saturated heterocycles. The molecule has 2 heterocycles. The molecule has 1 aromatic carbocycles. The Morgan fingerprint density at radius 2 is 1.67 bits per heavy atom. The van der Waals surface area contributed by atoms with Crippen molar-refractivity contribution in [2.24, 2.45) is 14.1 Å². The van der Waals surface area contributed by atoms with E-state index in [1.807, 2.05) is 27.2 Å². The van der Waals surface area contributed by atoms with Gasteiger partial charge >= 0.3 is 0 Å². The van der Waals surface area contributed by atoms with E-state index in [0.29, 0.717) is 5.82 Å².